The lowest BCUT2D eigenvalue weighted by Gasteiger charge is -2.21. The smallest absolute Gasteiger partial charge is 0.223 e. The van der Waals surface area contributed by atoms with Gasteiger partial charge in [0.1, 0.15) is 0 Å². The van der Waals surface area contributed by atoms with Crippen LogP contribution < -0.4 is 0 Å². The third kappa shape index (κ3) is 4.58. The molecule has 1 aromatic carbocycles. The van der Waals surface area contributed by atoms with Crippen LogP contribution in [-0.4, -0.2) is 26.6 Å². The fourth-order valence-electron chi connectivity index (χ4n) is 2.80. The van der Waals surface area contributed by atoms with Gasteiger partial charge in [-0.2, -0.15) is 5.10 Å². The van der Waals surface area contributed by atoms with Gasteiger partial charge in [0.2, 0.25) is 5.91 Å². The summed E-state index contributed by atoms with van der Waals surface area (Å²) in [6.07, 6.45) is 8.46. The van der Waals surface area contributed by atoms with Crippen LogP contribution in [0, 0.1) is 0 Å². The Kier molecular flexibility index (Phi) is 5.01. The minimum absolute atomic E-state index is 0.255. The highest BCUT2D eigenvalue weighted by molar-refractivity contribution is 6.30. The molecule has 23 heavy (non-hydrogen) atoms. The van der Waals surface area contributed by atoms with E-state index < -0.39 is 0 Å². The van der Waals surface area contributed by atoms with E-state index in [2.05, 4.69) is 5.10 Å². The Bertz CT molecular complexity index is 661. The average Bonchev–Trinajstić information content (AvgIpc) is 3.29. The summed E-state index contributed by atoms with van der Waals surface area (Å²) in [7, 11) is 1.90. The lowest BCUT2D eigenvalue weighted by atomic mass is 10.1. The Hall–Kier alpha value is -1.81. The Morgan fingerprint density at radius 2 is 2.04 bits per heavy atom. The number of amides is 1. The third-order valence-electron chi connectivity index (χ3n) is 4.19. The Labute approximate surface area is 142 Å². The second-order valence-corrected chi connectivity index (χ2v) is 6.69. The number of aryl methyl sites for hydroxylation is 2. The number of hydrogen-bond donors (Lipinski definition) is 0. The summed E-state index contributed by atoms with van der Waals surface area (Å²) in [5.41, 5.74) is 2.33. The number of halogens is 1. The van der Waals surface area contributed by atoms with Crippen molar-refractivity contribution in [2.24, 2.45) is 7.05 Å². The van der Waals surface area contributed by atoms with Gasteiger partial charge in [0, 0.05) is 42.8 Å². The Morgan fingerprint density at radius 3 is 2.65 bits per heavy atom. The topological polar surface area (TPSA) is 38.1 Å². The van der Waals surface area contributed by atoms with E-state index in [4.69, 9.17) is 11.6 Å². The fourth-order valence-corrected chi connectivity index (χ4v) is 2.92. The molecule has 1 aliphatic rings. The minimum Gasteiger partial charge on any atom is -0.335 e. The van der Waals surface area contributed by atoms with Crippen LogP contribution >= 0.6 is 11.6 Å². The van der Waals surface area contributed by atoms with Crippen LogP contribution in [0.15, 0.2) is 36.7 Å². The number of benzene rings is 1. The highest BCUT2D eigenvalue weighted by atomic mass is 35.5. The molecule has 0 saturated heterocycles. The maximum absolute atomic E-state index is 12.6. The van der Waals surface area contributed by atoms with Crippen LogP contribution in [0.2, 0.25) is 5.02 Å². The zero-order valence-electron chi connectivity index (χ0n) is 13.4. The number of carbonyl (C=O) groups excluding carboxylic acids is 1. The molecule has 0 bridgehead atoms. The number of aromatic nitrogens is 2. The van der Waals surface area contributed by atoms with Gasteiger partial charge in [0.15, 0.2) is 0 Å². The summed E-state index contributed by atoms with van der Waals surface area (Å²) >= 11 is 5.89. The molecule has 2 aromatic rings. The summed E-state index contributed by atoms with van der Waals surface area (Å²) in [5, 5.41) is 4.94. The zero-order valence-corrected chi connectivity index (χ0v) is 14.2. The van der Waals surface area contributed by atoms with E-state index in [1.165, 1.54) is 5.56 Å². The standard InChI is InChI=1S/C18H22ClN3O/c1-21-12-15(11-20-21)13-22(17-9-10-17)18(23)4-2-3-14-5-7-16(19)8-6-14/h5-8,11-12,17H,2-4,9-10,13H2,1H3. The maximum atomic E-state index is 12.6. The molecule has 1 heterocycles. The molecule has 0 atom stereocenters. The Balaban J connectivity index is 1.51. The number of hydrogen-bond acceptors (Lipinski definition) is 2. The van der Waals surface area contributed by atoms with E-state index in [1.807, 2.05) is 48.6 Å². The van der Waals surface area contributed by atoms with E-state index in [0.29, 0.717) is 19.0 Å². The van der Waals surface area contributed by atoms with Crippen molar-refractivity contribution in [1.29, 1.82) is 0 Å². The lowest BCUT2D eigenvalue weighted by Crippen LogP contribution is -2.32. The van der Waals surface area contributed by atoms with Gasteiger partial charge in [-0.1, -0.05) is 23.7 Å². The van der Waals surface area contributed by atoms with E-state index in [0.717, 1.165) is 36.3 Å². The van der Waals surface area contributed by atoms with Gasteiger partial charge in [-0.05, 0) is 43.4 Å². The highest BCUT2D eigenvalue weighted by Gasteiger charge is 2.32. The first-order valence-corrected chi connectivity index (χ1v) is 8.51. The van der Waals surface area contributed by atoms with Crippen molar-refractivity contribution in [1.82, 2.24) is 14.7 Å². The van der Waals surface area contributed by atoms with E-state index >= 15 is 0 Å². The molecule has 0 unspecified atom stereocenters. The van der Waals surface area contributed by atoms with Gasteiger partial charge in [-0.15, -0.1) is 0 Å². The summed E-state index contributed by atoms with van der Waals surface area (Å²) in [5.74, 6) is 0.255. The van der Waals surface area contributed by atoms with E-state index in [1.54, 1.807) is 4.68 Å². The van der Waals surface area contributed by atoms with Gasteiger partial charge in [-0.25, -0.2) is 0 Å². The van der Waals surface area contributed by atoms with Gasteiger partial charge in [0.05, 0.1) is 6.20 Å². The summed E-state index contributed by atoms with van der Waals surface area (Å²) in [6, 6.07) is 8.29. The monoisotopic (exact) mass is 331 g/mol. The van der Waals surface area contributed by atoms with Crippen LogP contribution in [0.25, 0.3) is 0 Å². The van der Waals surface area contributed by atoms with Gasteiger partial charge >= 0.3 is 0 Å². The van der Waals surface area contributed by atoms with Gasteiger partial charge in [-0.3, -0.25) is 9.48 Å². The second kappa shape index (κ2) is 7.18. The molecule has 4 nitrogen and oxygen atoms in total. The predicted octanol–water partition coefficient (Wildman–Crippen LogP) is 3.59. The van der Waals surface area contributed by atoms with Crippen molar-refractivity contribution in [3.63, 3.8) is 0 Å². The molecule has 0 radical (unpaired) electrons. The zero-order chi connectivity index (χ0) is 16.2. The van der Waals surface area contributed by atoms with Crippen LogP contribution in [0.5, 0.6) is 0 Å². The molecular weight excluding hydrogens is 310 g/mol. The van der Waals surface area contributed by atoms with Crippen LogP contribution in [0.1, 0.15) is 36.8 Å². The number of carbonyl (C=O) groups is 1. The van der Waals surface area contributed by atoms with Crippen molar-refractivity contribution >= 4 is 17.5 Å². The number of nitrogens with zero attached hydrogens (tertiary/aromatic N) is 3. The predicted molar refractivity (Wildman–Crippen MR) is 91.2 cm³/mol. The van der Waals surface area contributed by atoms with Crippen molar-refractivity contribution in [2.45, 2.75) is 44.7 Å². The van der Waals surface area contributed by atoms with Gasteiger partial charge in [0.25, 0.3) is 0 Å². The van der Waals surface area contributed by atoms with E-state index in [-0.39, 0.29) is 5.91 Å². The third-order valence-corrected chi connectivity index (χ3v) is 4.44. The molecule has 1 aliphatic carbocycles. The molecule has 1 fully saturated rings. The number of rotatable bonds is 7. The van der Waals surface area contributed by atoms with Crippen molar-refractivity contribution < 1.29 is 4.79 Å². The lowest BCUT2D eigenvalue weighted by molar-refractivity contribution is -0.132. The Morgan fingerprint density at radius 1 is 1.30 bits per heavy atom. The summed E-state index contributed by atoms with van der Waals surface area (Å²) in [4.78, 5) is 14.6. The quantitative estimate of drug-likeness (QED) is 0.777. The summed E-state index contributed by atoms with van der Waals surface area (Å²) in [6.45, 7) is 0.679. The van der Waals surface area contributed by atoms with Crippen molar-refractivity contribution in [3.05, 3.63) is 52.8 Å². The fraction of sp³-hybridized carbons (Fsp3) is 0.444. The molecule has 122 valence electrons. The molecule has 1 amide bonds. The first-order chi connectivity index (χ1) is 11.1. The second-order valence-electron chi connectivity index (χ2n) is 6.26. The molecule has 1 saturated carbocycles. The first kappa shape index (κ1) is 16.1. The SMILES string of the molecule is Cn1cc(CN(C(=O)CCCc2ccc(Cl)cc2)C2CC2)cn1. The maximum Gasteiger partial charge on any atom is 0.223 e. The first-order valence-electron chi connectivity index (χ1n) is 8.13. The molecular formula is C18H22ClN3O. The minimum atomic E-state index is 0.255. The molecule has 1 aromatic heterocycles. The van der Waals surface area contributed by atoms with Crippen LogP contribution in [0.4, 0.5) is 0 Å². The summed E-state index contributed by atoms with van der Waals surface area (Å²) < 4.78 is 1.78. The van der Waals surface area contributed by atoms with Crippen molar-refractivity contribution in [3.8, 4) is 0 Å². The van der Waals surface area contributed by atoms with Crippen LogP contribution in [0.3, 0.4) is 0 Å². The molecule has 0 aliphatic heterocycles. The van der Waals surface area contributed by atoms with Crippen LogP contribution in [-0.2, 0) is 24.8 Å². The molecule has 5 heteroatoms. The molecule has 3 rings (SSSR count). The normalized spacial score (nSPS) is 14.0. The highest BCUT2D eigenvalue weighted by Crippen LogP contribution is 2.29. The van der Waals surface area contributed by atoms with Crippen molar-refractivity contribution in [2.75, 3.05) is 0 Å². The van der Waals surface area contributed by atoms with Gasteiger partial charge < -0.3 is 4.90 Å². The molecule has 0 spiro atoms. The van der Waals surface area contributed by atoms with E-state index in [9.17, 15) is 4.79 Å². The largest absolute Gasteiger partial charge is 0.335 e. The average molecular weight is 332 g/mol. The molecule has 0 N–H and O–H groups in total.